The molecule has 0 atom stereocenters. The number of aromatic nitrogens is 2. The van der Waals surface area contributed by atoms with Crippen LogP contribution in [0, 0.1) is 0 Å². The first-order valence-electron chi connectivity index (χ1n) is 10.9. The third kappa shape index (κ3) is 4.49. The zero-order valence-electron chi connectivity index (χ0n) is 19.1. The normalized spacial score (nSPS) is 16.8. The van der Waals surface area contributed by atoms with Crippen LogP contribution in [0.4, 0.5) is 22.2 Å². The van der Waals surface area contributed by atoms with Gasteiger partial charge in [0.05, 0.1) is 26.5 Å². The number of anilines is 3. The highest BCUT2D eigenvalue weighted by molar-refractivity contribution is 6.42. The number of ether oxygens (including phenoxy) is 2. The fraction of sp³-hybridized carbons (Fsp3) is 0.500. The van der Waals surface area contributed by atoms with E-state index in [9.17, 15) is 4.79 Å². The second kappa shape index (κ2) is 9.79. The van der Waals surface area contributed by atoms with E-state index in [1.165, 1.54) is 14.2 Å². The molecule has 1 fully saturated rings. The topological polar surface area (TPSA) is 91.8 Å². The van der Waals surface area contributed by atoms with Crippen molar-refractivity contribution in [1.82, 2.24) is 15.3 Å². The summed E-state index contributed by atoms with van der Waals surface area (Å²) in [6.45, 7) is 5.88. The molecule has 0 radical (unpaired) electrons. The van der Waals surface area contributed by atoms with Gasteiger partial charge in [-0.15, -0.1) is 0 Å². The van der Waals surface area contributed by atoms with Gasteiger partial charge in [-0.2, -0.15) is 4.98 Å². The van der Waals surface area contributed by atoms with Crippen LogP contribution < -0.4 is 29.9 Å². The smallest absolute Gasteiger partial charge is 0.330 e. The highest BCUT2D eigenvalue weighted by Gasteiger charge is 2.40. The summed E-state index contributed by atoms with van der Waals surface area (Å²) >= 11 is 13.3. The quantitative estimate of drug-likeness (QED) is 0.617. The third-order valence-corrected chi connectivity index (χ3v) is 6.48. The molecule has 1 aromatic heterocycles. The molecule has 33 heavy (non-hydrogen) atoms. The average molecular weight is 495 g/mol. The van der Waals surface area contributed by atoms with E-state index in [0.29, 0.717) is 29.0 Å². The van der Waals surface area contributed by atoms with Crippen LogP contribution in [0.1, 0.15) is 32.3 Å². The summed E-state index contributed by atoms with van der Waals surface area (Å²) in [5.41, 5.74) is 1.14. The van der Waals surface area contributed by atoms with Crippen molar-refractivity contribution in [2.24, 2.45) is 0 Å². The van der Waals surface area contributed by atoms with Gasteiger partial charge in [0.2, 0.25) is 5.95 Å². The average Bonchev–Trinajstić information content (AvgIpc) is 2.80. The number of rotatable bonds is 6. The summed E-state index contributed by atoms with van der Waals surface area (Å²) in [6, 6.07) is 1.50. The Bertz CT molecular complexity index is 1020. The number of hydrogen-bond donors (Lipinski definition) is 2. The molecule has 178 valence electrons. The van der Waals surface area contributed by atoms with Crippen LogP contribution in [0.2, 0.25) is 10.0 Å². The lowest BCUT2D eigenvalue weighted by Crippen LogP contribution is -2.55. The van der Waals surface area contributed by atoms with Gasteiger partial charge < -0.3 is 20.1 Å². The number of carbonyl (C=O) groups is 1. The highest BCUT2D eigenvalue weighted by atomic mass is 35.5. The van der Waals surface area contributed by atoms with E-state index in [1.807, 2.05) is 13.8 Å². The summed E-state index contributed by atoms with van der Waals surface area (Å²) in [4.78, 5) is 26.5. The Morgan fingerprint density at radius 2 is 1.79 bits per heavy atom. The predicted molar refractivity (Wildman–Crippen MR) is 130 cm³/mol. The number of urea groups is 1. The van der Waals surface area contributed by atoms with Crippen LogP contribution in [0.15, 0.2) is 12.3 Å². The number of halogens is 2. The first-order chi connectivity index (χ1) is 15.8. The summed E-state index contributed by atoms with van der Waals surface area (Å²) in [7, 11) is 3.01. The number of fused-ring (bicyclic) bond motifs is 1. The fourth-order valence-electron chi connectivity index (χ4n) is 4.18. The molecule has 11 heteroatoms. The molecule has 0 aliphatic carbocycles. The summed E-state index contributed by atoms with van der Waals surface area (Å²) in [6.07, 6.45) is 3.36. The van der Waals surface area contributed by atoms with Gasteiger partial charge in [0.1, 0.15) is 27.4 Å². The molecule has 2 aliphatic rings. The number of nitrogens with one attached hydrogen (secondary N) is 2. The van der Waals surface area contributed by atoms with E-state index in [2.05, 4.69) is 15.6 Å². The van der Waals surface area contributed by atoms with Crippen molar-refractivity contribution in [1.29, 1.82) is 0 Å². The monoisotopic (exact) mass is 494 g/mol. The molecule has 2 amide bonds. The molecule has 4 rings (SSSR count). The maximum absolute atomic E-state index is 14.0. The Balaban J connectivity index is 1.84. The number of nitrogens with zero attached hydrogens (tertiary/aromatic N) is 4. The lowest BCUT2D eigenvalue weighted by atomic mass is 10.0. The molecule has 0 saturated carbocycles. The van der Waals surface area contributed by atoms with E-state index in [4.69, 9.17) is 37.7 Å². The van der Waals surface area contributed by atoms with E-state index < -0.39 is 0 Å². The Morgan fingerprint density at radius 3 is 2.36 bits per heavy atom. The minimum atomic E-state index is -0.247. The molecular weight excluding hydrogens is 467 g/mol. The number of benzene rings is 1. The zero-order chi connectivity index (χ0) is 23.7. The molecule has 1 aromatic carbocycles. The number of piperidine rings is 1. The van der Waals surface area contributed by atoms with Gasteiger partial charge in [0.15, 0.2) is 0 Å². The number of hydrogen-bond acceptors (Lipinski definition) is 7. The van der Waals surface area contributed by atoms with Crippen molar-refractivity contribution in [3.63, 3.8) is 0 Å². The van der Waals surface area contributed by atoms with Crippen molar-refractivity contribution in [2.45, 2.75) is 45.3 Å². The predicted octanol–water partition coefficient (Wildman–Crippen LogP) is 4.32. The minimum absolute atomic E-state index is 0.0212. The first-order valence-corrected chi connectivity index (χ1v) is 11.6. The van der Waals surface area contributed by atoms with Gasteiger partial charge in [-0.25, -0.2) is 9.78 Å². The maximum Gasteiger partial charge on any atom is 0.330 e. The lowest BCUT2D eigenvalue weighted by Gasteiger charge is -2.42. The van der Waals surface area contributed by atoms with Crippen molar-refractivity contribution in [2.75, 3.05) is 42.4 Å². The number of amides is 2. The van der Waals surface area contributed by atoms with E-state index in [-0.39, 0.29) is 34.7 Å². The van der Waals surface area contributed by atoms with Crippen LogP contribution in [-0.4, -0.2) is 55.4 Å². The largest absolute Gasteiger partial charge is 0.495 e. The molecule has 3 heterocycles. The molecule has 9 nitrogen and oxygen atoms in total. The van der Waals surface area contributed by atoms with Crippen molar-refractivity contribution < 1.29 is 14.3 Å². The van der Waals surface area contributed by atoms with Crippen LogP contribution in [-0.2, 0) is 6.54 Å². The van der Waals surface area contributed by atoms with Gasteiger partial charge in [-0.3, -0.25) is 9.80 Å². The van der Waals surface area contributed by atoms with Crippen LogP contribution in [0.5, 0.6) is 11.5 Å². The molecule has 1 saturated heterocycles. The Morgan fingerprint density at radius 1 is 1.15 bits per heavy atom. The molecular formula is C22H28Cl2N6O3. The Hall–Kier alpha value is -2.49. The lowest BCUT2D eigenvalue weighted by molar-refractivity contribution is 0.245. The van der Waals surface area contributed by atoms with E-state index in [0.717, 1.165) is 31.5 Å². The Kier molecular flexibility index (Phi) is 7.02. The SMILES string of the molecule is COc1cc(OC)c(Cl)c(N2Cc3cnc(NC(C)C)nc3N(C3CCNCC3)C2=O)c1Cl. The standard InChI is InChI=1S/C22H28Cl2N6O3/c1-12(2)27-21-26-10-13-11-29(19-17(23)15(32-3)9-16(33-4)18(19)24)22(31)30(20(13)28-21)14-5-7-25-8-6-14/h9-10,12,14,25H,5-8,11H2,1-4H3,(H,26,27,28). The van der Waals surface area contributed by atoms with Crippen molar-refractivity contribution in [3.05, 3.63) is 27.9 Å². The van der Waals surface area contributed by atoms with Crippen LogP contribution in [0.25, 0.3) is 0 Å². The second-order valence-electron chi connectivity index (χ2n) is 8.32. The van der Waals surface area contributed by atoms with E-state index >= 15 is 0 Å². The van der Waals surface area contributed by atoms with Crippen LogP contribution >= 0.6 is 23.2 Å². The zero-order valence-corrected chi connectivity index (χ0v) is 20.6. The first kappa shape index (κ1) is 23.7. The minimum Gasteiger partial charge on any atom is -0.495 e. The molecule has 2 aromatic rings. The number of methoxy groups -OCH3 is 2. The van der Waals surface area contributed by atoms with Gasteiger partial charge >= 0.3 is 6.03 Å². The summed E-state index contributed by atoms with van der Waals surface area (Å²) in [5.74, 6) is 1.84. The molecule has 0 bridgehead atoms. The van der Waals surface area contributed by atoms with Gasteiger partial charge in [0.25, 0.3) is 0 Å². The van der Waals surface area contributed by atoms with Crippen molar-refractivity contribution in [3.8, 4) is 11.5 Å². The van der Waals surface area contributed by atoms with Gasteiger partial charge in [-0.05, 0) is 39.8 Å². The molecule has 0 spiro atoms. The molecule has 2 N–H and O–H groups in total. The number of carbonyl (C=O) groups excluding carboxylic acids is 1. The summed E-state index contributed by atoms with van der Waals surface area (Å²) in [5, 5.41) is 7.05. The maximum atomic E-state index is 14.0. The molecule has 0 unspecified atom stereocenters. The summed E-state index contributed by atoms with van der Waals surface area (Å²) < 4.78 is 10.8. The van der Waals surface area contributed by atoms with Gasteiger partial charge in [-0.1, -0.05) is 23.2 Å². The molecule has 2 aliphatic heterocycles. The second-order valence-corrected chi connectivity index (χ2v) is 9.07. The third-order valence-electron chi connectivity index (χ3n) is 5.75. The highest BCUT2D eigenvalue weighted by Crippen LogP contribution is 2.48. The van der Waals surface area contributed by atoms with Crippen LogP contribution in [0.3, 0.4) is 0 Å². The fourth-order valence-corrected chi connectivity index (χ4v) is 4.89. The Labute approximate surface area is 203 Å². The van der Waals surface area contributed by atoms with Gasteiger partial charge in [0, 0.05) is 29.9 Å². The van der Waals surface area contributed by atoms with Crippen molar-refractivity contribution >= 4 is 46.7 Å². The van der Waals surface area contributed by atoms with E-state index in [1.54, 1.807) is 22.1 Å².